The van der Waals surface area contributed by atoms with Gasteiger partial charge in [0.15, 0.2) is 0 Å². The smallest absolute Gasteiger partial charge is 0.312 e. The van der Waals surface area contributed by atoms with Gasteiger partial charge in [-0.05, 0) is 79.2 Å². The summed E-state index contributed by atoms with van der Waals surface area (Å²) in [6, 6.07) is 27.9. The van der Waals surface area contributed by atoms with Crippen LogP contribution in [-0.4, -0.2) is 11.1 Å². The molecule has 0 bridgehead atoms. The van der Waals surface area contributed by atoms with E-state index in [4.69, 9.17) is 4.74 Å². The Morgan fingerprint density at radius 1 is 0.811 bits per heavy atom. The van der Waals surface area contributed by atoms with Crippen LogP contribution in [0.4, 0.5) is 0 Å². The van der Waals surface area contributed by atoms with E-state index in [-0.39, 0.29) is 17.5 Å². The molecular formula is C34H44O3. The average molecular weight is 501 g/mol. The lowest BCUT2D eigenvalue weighted by molar-refractivity contribution is -0.162. The normalized spacial score (nSPS) is 13.8. The second-order valence-electron chi connectivity index (χ2n) is 12.3. The summed E-state index contributed by atoms with van der Waals surface area (Å²) in [6.07, 6.45) is 3.06. The average Bonchev–Trinajstić information content (AvgIpc) is 2.83. The third-order valence-electron chi connectivity index (χ3n) is 7.08. The zero-order chi connectivity index (χ0) is 27.1. The SMILES string of the molecule is CC(C)CC(CC(C)(C)CC(C)(C)C(=O)OC(Cc1ccccc1)c1ccccc1)c1ccc(O)cc1. The van der Waals surface area contributed by atoms with Crippen molar-refractivity contribution >= 4 is 5.97 Å². The van der Waals surface area contributed by atoms with E-state index in [1.165, 1.54) is 5.56 Å². The van der Waals surface area contributed by atoms with Gasteiger partial charge in [0.05, 0.1) is 5.41 Å². The number of ether oxygens (including phenoxy) is 1. The van der Waals surface area contributed by atoms with Crippen LogP contribution >= 0.6 is 0 Å². The second-order valence-corrected chi connectivity index (χ2v) is 12.3. The number of hydrogen-bond donors (Lipinski definition) is 1. The van der Waals surface area contributed by atoms with Gasteiger partial charge in [-0.2, -0.15) is 0 Å². The van der Waals surface area contributed by atoms with Crippen LogP contribution in [0.3, 0.4) is 0 Å². The van der Waals surface area contributed by atoms with Crippen molar-refractivity contribution in [2.75, 3.05) is 0 Å². The largest absolute Gasteiger partial charge is 0.508 e. The van der Waals surface area contributed by atoms with E-state index in [0.717, 1.165) is 30.4 Å². The minimum Gasteiger partial charge on any atom is -0.508 e. The Morgan fingerprint density at radius 2 is 1.38 bits per heavy atom. The first kappa shape index (κ1) is 28.5. The van der Waals surface area contributed by atoms with Crippen molar-refractivity contribution in [3.8, 4) is 5.75 Å². The van der Waals surface area contributed by atoms with Crippen LogP contribution in [-0.2, 0) is 16.0 Å². The molecule has 0 saturated carbocycles. The molecular weight excluding hydrogens is 456 g/mol. The summed E-state index contributed by atoms with van der Waals surface area (Å²) < 4.78 is 6.25. The molecule has 3 aromatic carbocycles. The van der Waals surface area contributed by atoms with E-state index >= 15 is 0 Å². The number of rotatable bonds is 12. The molecule has 0 aliphatic rings. The lowest BCUT2D eigenvalue weighted by Gasteiger charge is -2.37. The molecule has 37 heavy (non-hydrogen) atoms. The van der Waals surface area contributed by atoms with Crippen LogP contribution in [0.1, 0.15) is 89.5 Å². The maximum atomic E-state index is 13.6. The van der Waals surface area contributed by atoms with Gasteiger partial charge >= 0.3 is 5.97 Å². The lowest BCUT2D eigenvalue weighted by Crippen LogP contribution is -2.34. The van der Waals surface area contributed by atoms with Gasteiger partial charge in [0.25, 0.3) is 0 Å². The molecule has 0 aliphatic heterocycles. The lowest BCUT2D eigenvalue weighted by atomic mass is 9.69. The Hall–Kier alpha value is -3.07. The number of aromatic hydroxyl groups is 1. The number of esters is 1. The van der Waals surface area contributed by atoms with E-state index < -0.39 is 5.41 Å². The summed E-state index contributed by atoms with van der Waals surface area (Å²) in [5.41, 5.74) is 2.69. The van der Waals surface area contributed by atoms with E-state index in [2.05, 4.69) is 39.8 Å². The van der Waals surface area contributed by atoms with E-state index in [9.17, 15) is 9.90 Å². The summed E-state index contributed by atoms with van der Waals surface area (Å²) in [4.78, 5) is 13.6. The molecule has 3 heteroatoms. The summed E-state index contributed by atoms with van der Waals surface area (Å²) in [6.45, 7) is 13.0. The van der Waals surface area contributed by atoms with Gasteiger partial charge in [-0.15, -0.1) is 0 Å². The molecule has 3 nitrogen and oxygen atoms in total. The van der Waals surface area contributed by atoms with Crippen molar-refractivity contribution in [1.29, 1.82) is 0 Å². The fourth-order valence-electron chi connectivity index (χ4n) is 5.67. The Morgan fingerprint density at radius 3 is 1.95 bits per heavy atom. The van der Waals surface area contributed by atoms with E-state index in [0.29, 0.717) is 24.0 Å². The molecule has 2 unspecified atom stereocenters. The molecule has 0 spiro atoms. The summed E-state index contributed by atoms with van der Waals surface area (Å²) in [5.74, 6) is 1.05. The highest BCUT2D eigenvalue weighted by molar-refractivity contribution is 5.76. The standard InChI is InChI=1S/C34H44O3/c1-25(2)21-29(27-17-19-30(35)20-18-27)23-33(3,4)24-34(5,6)32(36)37-31(28-15-11-8-12-16-28)22-26-13-9-7-10-14-26/h7-20,25,29,31,35H,21-24H2,1-6H3. The molecule has 198 valence electrons. The fraction of sp³-hybridized carbons (Fsp3) is 0.441. The zero-order valence-electron chi connectivity index (χ0n) is 23.4. The molecule has 0 aromatic heterocycles. The zero-order valence-corrected chi connectivity index (χ0v) is 23.4. The monoisotopic (exact) mass is 500 g/mol. The summed E-state index contributed by atoms with van der Waals surface area (Å²) >= 11 is 0. The van der Waals surface area contributed by atoms with Gasteiger partial charge in [-0.3, -0.25) is 4.79 Å². The predicted molar refractivity (Wildman–Crippen MR) is 153 cm³/mol. The molecule has 0 heterocycles. The summed E-state index contributed by atoms with van der Waals surface area (Å²) in [5, 5.41) is 9.76. The third-order valence-corrected chi connectivity index (χ3v) is 7.08. The molecule has 0 fully saturated rings. The van der Waals surface area contributed by atoms with Crippen molar-refractivity contribution in [2.24, 2.45) is 16.7 Å². The molecule has 0 amide bonds. The Kier molecular flexibility index (Phi) is 9.59. The van der Waals surface area contributed by atoms with Gasteiger partial charge in [0.1, 0.15) is 11.9 Å². The number of carbonyl (C=O) groups is 1. The van der Waals surface area contributed by atoms with Crippen LogP contribution in [0.5, 0.6) is 5.75 Å². The van der Waals surface area contributed by atoms with Crippen LogP contribution in [0.2, 0.25) is 0 Å². The first-order valence-corrected chi connectivity index (χ1v) is 13.5. The second kappa shape index (κ2) is 12.4. The number of benzene rings is 3. The maximum Gasteiger partial charge on any atom is 0.312 e. The quantitative estimate of drug-likeness (QED) is 0.253. The molecule has 1 N–H and O–H groups in total. The number of phenolic OH excluding ortho intramolecular Hbond substituents is 1. The topological polar surface area (TPSA) is 46.5 Å². The molecule has 0 saturated heterocycles. The molecule has 3 rings (SSSR count). The minimum absolute atomic E-state index is 0.0817. The maximum absolute atomic E-state index is 13.6. The summed E-state index contributed by atoms with van der Waals surface area (Å²) in [7, 11) is 0. The Balaban J connectivity index is 1.75. The minimum atomic E-state index is -0.634. The van der Waals surface area contributed by atoms with Gasteiger partial charge < -0.3 is 9.84 Å². The highest BCUT2D eigenvalue weighted by Crippen LogP contribution is 2.44. The van der Waals surface area contributed by atoms with Crippen molar-refractivity contribution < 1.29 is 14.6 Å². The van der Waals surface area contributed by atoms with Gasteiger partial charge in [0.2, 0.25) is 0 Å². The van der Waals surface area contributed by atoms with Gasteiger partial charge in [0, 0.05) is 6.42 Å². The van der Waals surface area contributed by atoms with Crippen molar-refractivity contribution in [3.63, 3.8) is 0 Å². The van der Waals surface area contributed by atoms with Crippen molar-refractivity contribution in [1.82, 2.24) is 0 Å². The van der Waals surface area contributed by atoms with Gasteiger partial charge in [-0.25, -0.2) is 0 Å². The first-order valence-electron chi connectivity index (χ1n) is 13.5. The van der Waals surface area contributed by atoms with Crippen LogP contribution in [0, 0.1) is 16.7 Å². The highest BCUT2D eigenvalue weighted by Gasteiger charge is 2.38. The van der Waals surface area contributed by atoms with Crippen LogP contribution in [0.15, 0.2) is 84.9 Å². The van der Waals surface area contributed by atoms with Gasteiger partial charge in [-0.1, -0.05) is 100 Å². The van der Waals surface area contributed by atoms with E-state index in [1.807, 2.05) is 74.5 Å². The Labute approximate surface area is 223 Å². The first-order chi connectivity index (χ1) is 17.4. The molecule has 0 aliphatic carbocycles. The Bertz CT molecular complexity index is 1100. The van der Waals surface area contributed by atoms with Crippen molar-refractivity contribution in [3.05, 3.63) is 102 Å². The fourth-order valence-corrected chi connectivity index (χ4v) is 5.67. The number of carbonyl (C=O) groups excluding carboxylic acids is 1. The number of hydrogen-bond acceptors (Lipinski definition) is 3. The van der Waals surface area contributed by atoms with Crippen LogP contribution < -0.4 is 0 Å². The molecule has 2 atom stereocenters. The molecule has 3 aromatic rings. The van der Waals surface area contributed by atoms with E-state index in [1.54, 1.807) is 12.1 Å². The predicted octanol–water partition coefficient (Wildman–Crippen LogP) is 8.88. The number of phenols is 1. The molecule has 0 radical (unpaired) electrons. The third kappa shape index (κ3) is 8.77. The van der Waals surface area contributed by atoms with Crippen molar-refractivity contribution in [2.45, 2.75) is 79.2 Å². The van der Waals surface area contributed by atoms with Crippen LogP contribution in [0.25, 0.3) is 0 Å². The highest BCUT2D eigenvalue weighted by atomic mass is 16.5.